The van der Waals surface area contributed by atoms with Crippen LogP contribution in [0.3, 0.4) is 0 Å². The van der Waals surface area contributed by atoms with Gasteiger partial charge in [-0.25, -0.2) is 9.07 Å². The summed E-state index contributed by atoms with van der Waals surface area (Å²) in [6.45, 7) is 2.24. The maximum absolute atomic E-state index is 13.3. The summed E-state index contributed by atoms with van der Waals surface area (Å²) in [6, 6.07) is 6.40. The first-order valence-electron chi connectivity index (χ1n) is 9.27. The van der Waals surface area contributed by atoms with Crippen molar-refractivity contribution in [3.8, 4) is 5.69 Å². The third-order valence-corrected chi connectivity index (χ3v) is 6.60. The van der Waals surface area contributed by atoms with E-state index in [9.17, 15) is 9.18 Å². The van der Waals surface area contributed by atoms with Crippen molar-refractivity contribution >= 4 is 12.0 Å². The second-order valence-corrected chi connectivity index (χ2v) is 7.94. The second kappa shape index (κ2) is 5.29. The average Bonchev–Trinajstić information content (AvgIpc) is 3.19. The van der Waals surface area contributed by atoms with Gasteiger partial charge in [0.2, 0.25) is 0 Å². The van der Waals surface area contributed by atoms with Gasteiger partial charge in [-0.3, -0.25) is 4.79 Å². The van der Waals surface area contributed by atoms with Crippen molar-refractivity contribution in [3.63, 3.8) is 0 Å². The molecule has 0 bridgehead atoms. The van der Waals surface area contributed by atoms with Crippen molar-refractivity contribution in [1.29, 1.82) is 0 Å². The van der Waals surface area contributed by atoms with Crippen LogP contribution in [-0.4, -0.2) is 21.4 Å². The number of hydrogen-bond acceptors (Lipinski definition) is 3. The van der Waals surface area contributed by atoms with E-state index in [0.717, 1.165) is 49.0 Å². The van der Waals surface area contributed by atoms with E-state index in [1.165, 1.54) is 17.7 Å². The van der Waals surface area contributed by atoms with Gasteiger partial charge in [-0.1, -0.05) is 12.5 Å². The van der Waals surface area contributed by atoms with E-state index in [-0.39, 0.29) is 22.8 Å². The van der Waals surface area contributed by atoms with Gasteiger partial charge >= 0.3 is 5.97 Å². The van der Waals surface area contributed by atoms with E-state index in [2.05, 4.69) is 18.1 Å². The minimum Gasteiger partial charge on any atom is -0.458 e. The van der Waals surface area contributed by atoms with Crippen LogP contribution in [0.15, 0.2) is 36.0 Å². The Morgan fingerprint density at radius 1 is 1.19 bits per heavy atom. The lowest BCUT2D eigenvalue weighted by atomic mass is 9.56. The highest BCUT2D eigenvalue weighted by atomic mass is 19.1. The molecular formula is C21H21FN2O2. The van der Waals surface area contributed by atoms with E-state index in [0.29, 0.717) is 6.42 Å². The number of hydrogen-bond donors (Lipinski definition) is 0. The molecule has 1 saturated heterocycles. The zero-order valence-electron chi connectivity index (χ0n) is 14.8. The predicted octanol–water partition coefficient (Wildman–Crippen LogP) is 4.22. The van der Waals surface area contributed by atoms with Crippen molar-refractivity contribution in [2.75, 3.05) is 0 Å². The average molecular weight is 352 g/mol. The van der Waals surface area contributed by atoms with Gasteiger partial charge in [-0.2, -0.15) is 5.10 Å². The lowest BCUT2D eigenvalue weighted by molar-refractivity contribution is -0.161. The Morgan fingerprint density at radius 2 is 2.00 bits per heavy atom. The second-order valence-electron chi connectivity index (χ2n) is 7.94. The van der Waals surface area contributed by atoms with Crippen LogP contribution in [0.25, 0.3) is 11.8 Å². The molecule has 2 aromatic rings. The van der Waals surface area contributed by atoms with Gasteiger partial charge < -0.3 is 4.74 Å². The minimum absolute atomic E-state index is 0.0692. The molecule has 2 atom stereocenters. The number of nitrogens with zero attached hydrogens (tertiary/aromatic N) is 2. The maximum atomic E-state index is 13.3. The summed E-state index contributed by atoms with van der Waals surface area (Å²) in [5.74, 6) is -0.321. The number of benzene rings is 1. The van der Waals surface area contributed by atoms with Crippen LogP contribution < -0.4 is 0 Å². The number of rotatable bonds is 1. The summed E-state index contributed by atoms with van der Waals surface area (Å²) < 4.78 is 21.1. The molecule has 5 heteroatoms. The van der Waals surface area contributed by atoms with Gasteiger partial charge in [-0.15, -0.1) is 0 Å². The minimum atomic E-state index is -0.371. The normalized spacial score (nSPS) is 29.9. The molecule has 1 aliphatic heterocycles. The van der Waals surface area contributed by atoms with Gasteiger partial charge in [0.1, 0.15) is 11.4 Å². The molecule has 2 heterocycles. The van der Waals surface area contributed by atoms with Crippen molar-refractivity contribution < 1.29 is 13.9 Å². The number of esters is 1. The molecule has 4 nitrogen and oxygen atoms in total. The zero-order valence-corrected chi connectivity index (χ0v) is 14.8. The maximum Gasteiger partial charge on any atom is 0.306 e. The summed E-state index contributed by atoms with van der Waals surface area (Å²) in [6.07, 6.45) is 9.26. The number of ether oxygens (including phenoxy) is 1. The fourth-order valence-electron chi connectivity index (χ4n) is 5.12. The van der Waals surface area contributed by atoms with Gasteiger partial charge in [-0.05, 0) is 68.0 Å². The van der Waals surface area contributed by atoms with Crippen LogP contribution in [-0.2, 0) is 16.0 Å². The van der Waals surface area contributed by atoms with Crippen LogP contribution in [0.5, 0.6) is 0 Å². The molecule has 26 heavy (non-hydrogen) atoms. The van der Waals surface area contributed by atoms with Crippen LogP contribution >= 0.6 is 0 Å². The third kappa shape index (κ3) is 2.06. The topological polar surface area (TPSA) is 44.1 Å². The quantitative estimate of drug-likeness (QED) is 0.722. The summed E-state index contributed by atoms with van der Waals surface area (Å²) in [4.78, 5) is 11.9. The van der Waals surface area contributed by atoms with Crippen molar-refractivity contribution in [2.24, 2.45) is 5.41 Å². The van der Waals surface area contributed by atoms with Gasteiger partial charge in [0, 0.05) is 11.8 Å². The number of carbonyl (C=O) groups is 1. The van der Waals surface area contributed by atoms with Gasteiger partial charge in [0.25, 0.3) is 0 Å². The standard InChI is InChI=1S/C21H21FN2O2/c1-20-12-14-13-23-24(17-6-4-16(22)5-7-17)18(14)11-15(20)3-2-9-21(20)10-8-19(25)26-21/h4-7,11,13H,2-3,8-10,12H2,1H3/t20-,21+/m0/s1. The Hall–Kier alpha value is -2.43. The molecule has 0 N–H and O–H groups in total. The lowest BCUT2D eigenvalue weighted by Gasteiger charge is -2.51. The first kappa shape index (κ1) is 15.8. The smallest absolute Gasteiger partial charge is 0.306 e. The SMILES string of the molecule is C[C@]12Cc3cnn(-c4ccc(F)cc4)c3C=C1CCC[C@@]21CCC(=O)O1. The molecule has 1 aromatic carbocycles. The highest BCUT2D eigenvalue weighted by molar-refractivity contribution is 5.73. The summed E-state index contributed by atoms with van der Waals surface area (Å²) in [5.41, 5.74) is 3.88. The fourth-order valence-corrected chi connectivity index (χ4v) is 5.12. The monoisotopic (exact) mass is 352 g/mol. The molecule has 2 aliphatic carbocycles. The van der Waals surface area contributed by atoms with E-state index < -0.39 is 0 Å². The summed E-state index contributed by atoms with van der Waals surface area (Å²) in [7, 11) is 0. The van der Waals surface area contributed by atoms with E-state index in [4.69, 9.17) is 4.74 Å². The Balaban J connectivity index is 1.60. The predicted molar refractivity (Wildman–Crippen MR) is 95.2 cm³/mol. The van der Waals surface area contributed by atoms with Gasteiger partial charge in [0.15, 0.2) is 0 Å². The van der Waals surface area contributed by atoms with Crippen LogP contribution in [0.4, 0.5) is 4.39 Å². The van der Waals surface area contributed by atoms with Crippen molar-refractivity contribution in [1.82, 2.24) is 9.78 Å². The Bertz CT molecular complexity index is 930. The lowest BCUT2D eigenvalue weighted by Crippen LogP contribution is -2.52. The molecule has 0 unspecified atom stereocenters. The largest absolute Gasteiger partial charge is 0.458 e. The van der Waals surface area contributed by atoms with E-state index in [1.54, 1.807) is 12.1 Å². The number of aromatic nitrogens is 2. The molecule has 1 aromatic heterocycles. The fraction of sp³-hybridized carbons (Fsp3) is 0.429. The first-order chi connectivity index (χ1) is 12.5. The molecule has 134 valence electrons. The molecular weight excluding hydrogens is 331 g/mol. The van der Waals surface area contributed by atoms with Crippen molar-refractivity contribution in [3.05, 3.63) is 53.1 Å². The number of fused-ring (bicyclic) bond motifs is 3. The molecule has 3 aliphatic rings. The Labute approximate surface area is 151 Å². The molecule has 1 saturated carbocycles. The van der Waals surface area contributed by atoms with E-state index in [1.807, 2.05) is 10.9 Å². The summed E-state index contributed by atoms with van der Waals surface area (Å²) in [5, 5.41) is 4.56. The Kier molecular flexibility index (Phi) is 3.21. The molecule has 0 radical (unpaired) electrons. The zero-order chi connectivity index (χ0) is 17.9. The van der Waals surface area contributed by atoms with Crippen molar-refractivity contribution in [2.45, 2.75) is 51.0 Å². The first-order valence-corrected chi connectivity index (χ1v) is 9.27. The summed E-state index contributed by atoms with van der Waals surface area (Å²) >= 11 is 0. The molecule has 0 amide bonds. The number of carbonyl (C=O) groups excluding carboxylic acids is 1. The van der Waals surface area contributed by atoms with Crippen LogP contribution in [0.1, 0.15) is 50.3 Å². The Morgan fingerprint density at radius 3 is 2.73 bits per heavy atom. The molecule has 1 spiro atoms. The molecule has 2 fully saturated rings. The van der Waals surface area contributed by atoms with Crippen LogP contribution in [0, 0.1) is 11.2 Å². The van der Waals surface area contributed by atoms with E-state index >= 15 is 0 Å². The van der Waals surface area contributed by atoms with Crippen LogP contribution in [0.2, 0.25) is 0 Å². The highest BCUT2D eigenvalue weighted by Crippen LogP contribution is 2.58. The molecule has 5 rings (SSSR count). The van der Waals surface area contributed by atoms with Gasteiger partial charge in [0.05, 0.1) is 17.6 Å². The highest BCUT2D eigenvalue weighted by Gasteiger charge is 2.58. The number of halogens is 1. The third-order valence-electron chi connectivity index (χ3n) is 6.60.